The highest BCUT2D eigenvalue weighted by Crippen LogP contribution is 2.23. The Labute approximate surface area is 110 Å². The van der Waals surface area contributed by atoms with E-state index in [0.717, 1.165) is 17.0 Å². The molecule has 0 fully saturated rings. The molecule has 2 unspecified atom stereocenters. The summed E-state index contributed by atoms with van der Waals surface area (Å²) in [5.41, 5.74) is 2.61. The van der Waals surface area contributed by atoms with Crippen molar-refractivity contribution in [2.24, 2.45) is 0 Å². The molecule has 1 heterocycles. The van der Waals surface area contributed by atoms with Gasteiger partial charge in [-0.05, 0) is 27.7 Å². The average Bonchev–Trinajstić information content (AvgIpc) is 2.59. The van der Waals surface area contributed by atoms with Gasteiger partial charge < -0.3 is 10.4 Å². The van der Waals surface area contributed by atoms with E-state index in [2.05, 4.69) is 10.4 Å². The third kappa shape index (κ3) is 3.70. The van der Waals surface area contributed by atoms with Crippen molar-refractivity contribution >= 4 is 0 Å². The van der Waals surface area contributed by atoms with Gasteiger partial charge in [-0.25, -0.2) is 0 Å². The van der Waals surface area contributed by atoms with E-state index in [-0.39, 0.29) is 6.04 Å². The van der Waals surface area contributed by atoms with Gasteiger partial charge in [-0.1, -0.05) is 0 Å². The molecule has 0 aliphatic rings. The van der Waals surface area contributed by atoms with Crippen molar-refractivity contribution in [1.82, 2.24) is 15.1 Å². The molecule has 110 valence electrons. The normalized spacial score (nSPS) is 15.6. The van der Waals surface area contributed by atoms with Gasteiger partial charge in [-0.15, -0.1) is 0 Å². The minimum Gasteiger partial charge on any atom is -0.382 e. The van der Waals surface area contributed by atoms with Gasteiger partial charge in [0, 0.05) is 30.4 Å². The Balaban J connectivity index is 2.74. The van der Waals surface area contributed by atoms with Crippen LogP contribution in [-0.2, 0) is 6.54 Å². The fourth-order valence-electron chi connectivity index (χ4n) is 2.15. The molecule has 0 bridgehead atoms. The highest BCUT2D eigenvalue weighted by molar-refractivity contribution is 5.27. The first kappa shape index (κ1) is 16.0. The zero-order chi connectivity index (χ0) is 14.8. The first-order valence-corrected chi connectivity index (χ1v) is 6.20. The topological polar surface area (TPSA) is 50.1 Å². The smallest absolute Gasteiger partial charge is 0.382 e. The van der Waals surface area contributed by atoms with E-state index in [1.165, 1.54) is 0 Å². The molecular formula is C12H20F3N3O. The standard InChI is InChI=1S/C12H20F3N3O/c1-5-18-9(4)11(8(3)17-18)7(2)16-6-10(19)12(13,14)15/h7,10,16,19H,5-6H2,1-4H3. The predicted octanol–water partition coefficient (Wildman–Crippen LogP) is 2.09. The van der Waals surface area contributed by atoms with Crippen molar-refractivity contribution < 1.29 is 18.3 Å². The fraction of sp³-hybridized carbons (Fsp3) is 0.750. The maximum absolute atomic E-state index is 12.2. The summed E-state index contributed by atoms with van der Waals surface area (Å²) in [6.07, 6.45) is -6.94. The molecule has 19 heavy (non-hydrogen) atoms. The lowest BCUT2D eigenvalue weighted by Gasteiger charge is -2.19. The molecule has 0 spiro atoms. The Hall–Kier alpha value is -1.08. The van der Waals surface area contributed by atoms with Crippen LogP contribution in [0.1, 0.15) is 36.8 Å². The first-order chi connectivity index (χ1) is 8.68. The van der Waals surface area contributed by atoms with Gasteiger partial charge in [-0.3, -0.25) is 4.68 Å². The Morgan fingerprint density at radius 1 is 1.37 bits per heavy atom. The second kappa shape index (κ2) is 5.92. The zero-order valence-electron chi connectivity index (χ0n) is 11.5. The summed E-state index contributed by atoms with van der Waals surface area (Å²) >= 11 is 0. The molecule has 0 aromatic carbocycles. The van der Waals surface area contributed by atoms with Gasteiger partial charge in [0.05, 0.1) is 5.69 Å². The van der Waals surface area contributed by atoms with E-state index in [0.29, 0.717) is 6.54 Å². The number of nitrogens with zero attached hydrogens (tertiary/aromatic N) is 2. The molecule has 4 nitrogen and oxygen atoms in total. The summed E-state index contributed by atoms with van der Waals surface area (Å²) in [5, 5.41) is 16.0. The van der Waals surface area contributed by atoms with Crippen LogP contribution in [0.2, 0.25) is 0 Å². The minimum atomic E-state index is -4.59. The van der Waals surface area contributed by atoms with Crippen molar-refractivity contribution in [3.8, 4) is 0 Å². The number of hydrogen-bond donors (Lipinski definition) is 2. The molecule has 2 N–H and O–H groups in total. The molecule has 1 aromatic heterocycles. The highest BCUT2D eigenvalue weighted by atomic mass is 19.4. The highest BCUT2D eigenvalue weighted by Gasteiger charge is 2.38. The van der Waals surface area contributed by atoms with Gasteiger partial charge in [-0.2, -0.15) is 18.3 Å². The lowest BCUT2D eigenvalue weighted by Crippen LogP contribution is -2.39. The van der Waals surface area contributed by atoms with Crippen molar-refractivity contribution in [2.75, 3.05) is 6.54 Å². The molecule has 0 saturated carbocycles. The number of aromatic nitrogens is 2. The maximum atomic E-state index is 12.2. The second-order valence-electron chi connectivity index (χ2n) is 4.59. The van der Waals surface area contributed by atoms with E-state index in [9.17, 15) is 13.2 Å². The Morgan fingerprint density at radius 3 is 2.37 bits per heavy atom. The van der Waals surface area contributed by atoms with E-state index in [1.807, 2.05) is 25.5 Å². The Kier molecular flexibility index (Phi) is 4.98. The molecule has 2 atom stereocenters. The monoisotopic (exact) mass is 279 g/mol. The summed E-state index contributed by atoms with van der Waals surface area (Å²) < 4.78 is 38.4. The van der Waals surface area contributed by atoms with Gasteiger partial charge in [0.2, 0.25) is 0 Å². The van der Waals surface area contributed by atoms with Crippen LogP contribution >= 0.6 is 0 Å². The summed E-state index contributed by atoms with van der Waals surface area (Å²) in [7, 11) is 0. The van der Waals surface area contributed by atoms with Crippen LogP contribution in [0.25, 0.3) is 0 Å². The summed E-state index contributed by atoms with van der Waals surface area (Å²) in [6, 6.07) is -0.294. The molecule has 0 aliphatic heterocycles. The molecule has 0 radical (unpaired) electrons. The summed E-state index contributed by atoms with van der Waals surface area (Å²) in [4.78, 5) is 0. The number of rotatable bonds is 5. The third-order valence-corrected chi connectivity index (χ3v) is 3.17. The van der Waals surface area contributed by atoms with Gasteiger partial charge in [0.25, 0.3) is 0 Å². The molecule has 7 heteroatoms. The van der Waals surface area contributed by atoms with E-state index in [1.54, 1.807) is 6.92 Å². The van der Waals surface area contributed by atoms with Crippen LogP contribution in [0.5, 0.6) is 0 Å². The molecular weight excluding hydrogens is 259 g/mol. The summed E-state index contributed by atoms with van der Waals surface area (Å²) in [5.74, 6) is 0. The zero-order valence-corrected chi connectivity index (χ0v) is 11.5. The number of halogens is 3. The van der Waals surface area contributed by atoms with Crippen molar-refractivity contribution in [2.45, 2.75) is 52.6 Å². The van der Waals surface area contributed by atoms with Crippen molar-refractivity contribution in [1.29, 1.82) is 0 Å². The minimum absolute atomic E-state index is 0.294. The second-order valence-corrected chi connectivity index (χ2v) is 4.59. The number of aliphatic hydroxyl groups excluding tert-OH is 1. The van der Waals surface area contributed by atoms with Crippen LogP contribution < -0.4 is 5.32 Å². The van der Waals surface area contributed by atoms with E-state index >= 15 is 0 Å². The van der Waals surface area contributed by atoms with Crippen LogP contribution in [0.3, 0.4) is 0 Å². The van der Waals surface area contributed by atoms with Gasteiger partial charge in [0.15, 0.2) is 6.10 Å². The van der Waals surface area contributed by atoms with E-state index < -0.39 is 18.8 Å². The van der Waals surface area contributed by atoms with Crippen LogP contribution in [0.15, 0.2) is 0 Å². The maximum Gasteiger partial charge on any atom is 0.415 e. The molecule has 1 aromatic rings. The van der Waals surface area contributed by atoms with Crippen molar-refractivity contribution in [3.05, 3.63) is 17.0 Å². The number of aliphatic hydroxyl groups is 1. The van der Waals surface area contributed by atoms with Crippen LogP contribution in [0, 0.1) is 13.8 Å². The third-order valence-electron chi connectivity index (χ3n) is 3.17. The number of hydrogen-bond acceptors (Lipinski definition) is 3. The number of alkyl halides is 3. The SMILES string of the molecule is CCn1nc(C)c(C(C)NCC(O)C(F)(F)F)c1C. The number of aryl methyl sites for hydroxylation is 2. The van der Waals surface area contributed by atoms with E-state index in [4.69, 9.17) is 5.11 Å². The molecule has 0 amide bonds. The molecule has 0 aliphatic carbocycles. The van der Waals surface area contributed by atoms with Gasteiger partial charge >= 0.3 is 6.18 Å². The van der Waals surface area contributed by atoms with Crippen LogP contribution in [-0.4, -0.2) is 33.7 Å². The number of nitrogens with one attached hydrogen (secondary N) is 1. The Morgan fingerprint density at radius 2 is 1.95 bits per heavy atom. The van der Waals surface area contributed by atoms with Crippen molar-refractivity contribution in [3.63, 3.8) is 0 Å². The summed E-state index contributed by atoms with van der Waals surface area (Å²) in [6.45, 7) is 7.62. The lowest BCUT2D eigenvalue weighted by molar-refractivity contribution is -0.202. The molecule has 1 rings (SSSR count). The average molecular weight is 279 g/mol. The molecule has 0 saturated heterocycles. The largest absolute Gasteiger partial charge is 0.415 e. The predicted molar refractivity (Wildman–Crippen MR) is 65.9 cm³/mol. The fourth-order valence-corrected chi connectivity index (χ4v) is 2.15. The quantitative estimate of drug-likeness (QED) is 0.867. The lowest BCUT2D eigenvalue weighted by atomic mass is 10.1. The van der Waals surface area contributed by atoms with Gasteiger partial charge in [0.1, 0.15) is 0 Å². The Bertz CT molecular complexity index is 429. The first-order valence-electron chi connectivity index (χ1n) is 6.20. The van der Waals surface area contributed by atoms with Crippen LogP contribution in [0.4, 0.5) is 13.2 Å².